The van der Waals surface area contributed by atoms with Gasteiger partial charge >= 0.3 is 0 Å². The Hall–Kier alpha value is -0.630. The summed E-state index contributed by atoms with van der Waals surface area (Å²) in [5, 5.41) is 0. The molecule has 0 amide bonds. The molecule has 0 N–H and O–H groups in total. The first kappa shape index (κ1) is 6.49. The van der Waals surface area contributed by atoms with Gasteiger partial charge in [0.15, 0.2) is 6.29 Å². The molecule has 0 saturated carbocycles. The highest BCUT2D eigenvalue weighted by Crippen LogP contribution is 2.12. The second-order valence-corrected chi connectivity index (χ2v) is 2.40. The predicted molar refractivity (Wildman–Crippen MR) is 38.4 cm³/mol. The number of hydrogen-bond acceptors (Lipinski definition) is 1. The summed E-state index contributed by atoms with van der Waals surface area (Å²) in [7, 11) is 0. The lowest BCUT2D eigenvalue weighted by atomic mass is 10.2. The Morgan fingerprint density at radius 1 is 1.67 bits per heavy atom. The van der Waals surface area contributed by atoms with Gasteiger partial charge in [0, 0.05) is 10.0 Å². The highest BCUT2D eigenvalue weighted by Gasteiger charge is 1.92. The molecule has 0 aliphatic carbocycles. The van der Waals surface area contributed by atoms with E-state index in [1.807, 2.05) is 6.07 Å². The molecule has 0 fully saturated rings. The van der Waals surface area contributed by atoms with Crippen LogP contribution in [0.3, 0.4) is 0 Å². The average molecular weight is 184 g/mol. The molecule has 0 heterocycles. The molecular formula is C7H4BrO. The van der Waals surface area contributed by atoms with Crippen LogP contribution in [0.5, 0.6) is 0 Å². The van der Waals surface area contributed by atoms with Gasteiger partial charge < -0.3 is 0 Å². The lowest BCUT2D eigenvalue weighted by Crippen LogP contribution is -1.78. The van der Waals surface area contributed by atoms with Crippen molar-refractivity contribution >= 4 is 22.2 Å². The Morgan fingerprint density at radius 2 is 2.44 bits per heavy atom. The van der Waals surface area contributed by atoms with Crippen molar-refractivity contribution in [2.45, 2.75) is 0 Å². The molecule has 1 nitrogen and oxygen atoms in total. The van der Waals surface area contributed by atoms with Gasteiger partial charge in [-0.2, -0.15) is 0 Å². The SMILES string of the molecule is O=Cc1[c]cccc1Br. The van der Waals surface area contributed by atoms with Crippen LogP contribution in [-0.4, -0.2) is 6.29 Å². The van der Waals surface area contributed by atoms with E-state index in [1.54, 1.807) is 12.1 Å². The highest BCUT2D eigenvalue weighted by molar-refractivity contribution is 9.10. The maximum atomic E-state index is 10.2. The summed E-state index contributed by atoms with van der Waals surface area (Å²) in [4.78, 5) is 10.2. The fourth-order valence-electron chi connectivity index (χ4n) is 0.520. The van der Waals surface area contributed by atoms with E-state index in [2.05, 4.69) is 22.0 Å². The summed E-state index contributed by atoms with van der Waals surface area (Å²) in [6, 6.07) is 8.10. The summed E-state index contributed by atoms with van der Waals surface area (Å²) in [5.74, 6) is 0. The largest absolute Gasteiger partial charge is 0.298 e. The fourth-order valence-corrected chi connectivity index (χ4v) is 0.880. The van der Waals surface area contributed by atoms with Gasteiger partial charge in [0.05, 0.1) is 0 Å². The average Bonchev–Trinajstić information content (AvgIpc) is 1.89. The highest BCUT2D eigenvalue weighted by atomic mass is 79.9. The van der Waals surface area contributed by atoms with Crippen molar-refractivity contribution in [1.82, 2.24) is 0 Å². The molecule has 0 aliphatic heterocycles. The van der Waals surface area contributed by atoms with Crippen LogP contribution in [0.4, 0.5) is 0 Å². The number of benzene rings is 1. The Morgan fingerprint density at radius 3 is 2.89 bits per heavy atom. The first-order valence-electron chi connectivity index (χ1n) is 2.46. The van der Waals surface area contributed by atoms with Crippen LogP contribution in [0.15, 0.2) is 22.7 Å². The van der Waals surface area contributed by atoms with E-state index < -0.39 is 0 Å². The number of carbonyl (C=O) groups excluding carboxylic acids is 1. The monoisotopic (exact) mass is 183 g/mol. The molecule has 2 heteroatoms. The van der Waals surface area contributed by atoms with Gasteiger partial charge in [0.1, 0.15) is 0 Å². The van der Waals surface area contributed by atoms with Crippen LogP contribution >= 0.6 is 15.9 Å². The summed E-state index contributed by atoms with van der Waals surface area (Å²) in [6.07, 6.45) is 0.768. The molecule has 9 heavy (non-hydrogen) atoms. The van der Waals surface area contributed by atoms with E-state index in [9.17, 15) is 4.79 Å². The first-order chi connectivity index (χ1) is 4.34. The third kappa shape index (κ3) is 1.39. The van der Waals surface area contributed by atoms with Crippen LogP contribution in [0.1, 0.15) is 10.4 Å². The maximum Gasteiger partial charge on any atom is 0.151 e. The van der Waals surface area contributed by atoms with Crippen LogP contribution in [-0.2, 0) is 0 Å². The van der Waals surface area contributed by atoms with Crippen molar-refractivity contribution in [3.63, 3.8) is 0 Å². The Labute approximate surface area is 61.8 Å². The van der Waals surface area contributed by atoms with Crippen molar-refractivity contribution in [3.8, 4) is 0 Å². The van der Waals surface area contributed by atoms with Gasteiger partial charge in [0.25, 0.3) is 0 Å². The van der Waals surface area contributed by atoms with Gasteiger partial charge in [0.2, 0.25) is 0 Å². The first-order valence-corrected chi connectivity index (χ1v) is 3.25. The van der Waals surface area contributed by atoms with Crippen molar-refractivity contribution < 1.29 is 4.79 Å². The fraction of sp³-hybridized carbons (Fsp3) is 0. The maximum absolute atomic E-state index is 10.2. The van der Waals surface area contributed by atoms with Gasteiger partial charge in [-0.05, 0) is 12.1 Å². The van der Waals surface area contributed by atoms with Crippen LogP contribution in [0.25, 0.3) is 0 Å². The van der Waals surface area contributed by atoms with E-state index >= 15 is 0 Å². The minimum Gasteiger partial charge on any atom is -0.298 e. The van der Waals surface area contributed by atoms with Gasteiger partial charge in [-0.15, -0.1) is 0 Å². The molecule has 0 atom stereocenters. The molecule has 1 aromatic carbocycles. The molecule has 0 bridgehead atoms. The molecule has 1 rings (SSSR count). The van der Waals surface area contributed by atoms with Crippen LogP contribution < -0.4 is 0 Å². The second-order valence-electron chi connectivity index (χ2n) is 1.55. The van der Waals surface area contributed by atoms with Gasteiger partial charge in [-0.3, -0.25) is 4.79 Å². The van der Waals surface area contributed by atoms with Crippen molar-refractivity contribution in [1.29, 1.82) is 0 Å². The molecule has 45 valence electrons. The lowest BCUT2D eigenvalue weighted by Gasteiger charge is -1.89. The van der Waals surface area contributed by atoms with Crippen LogP contribution in [0, 0.1) is 6.07 Å². The van der Waals surface area contributed by atoms with Gasteiger partial charge in [-0.1, -0.05) is 28.1 Å². The lowest BCUT2D eigenvalue weighted by molar-refractivity contribution is 0.112. The Bertz CT molecular complexity index is 220. The van der Waals surface area contributed by atoms with E-state index in [1.165, 1.54) is 0 Å². The van der Waals surface area contributed by atoms with Crippen LogP contribution in [0.2, 0.25) is 0 Å². The third-order valence-corrected chi connectivity index (χ3v) is 1.64. The minimum atomic E-state index is 0.567. The standard InChI is InChI=1S/C7H4BrO/c8-7-4-2-1-3-6(7)5-9/h1-2,4-5H. The number of carbonyl (C=O) groups is 1. The summed E-state index contributed by atoms with van der Waals surface area (Å²) >= 11 is 3.19. The number of aldehydes is 1. The second kappa shape index (κ2) is 2.78. The molecule has 1 aromatic rings. The zero-order chi connectivity index (χ0) is 6.69. The molecular weight excluding hydrogens is 180 g/mol. The van der Waals surface area contributed by atoms with Crippen molar-refractivity contribution in [3.05, 3.63) is 34.3 Å². The quantitative estimate of drug-likeness (QED) is 0.610. The molecule has 0 spiro atoms. The number of halogens is 1. The van der Waals surface area contributed by atoms with Gasteiger partial charge in [-0.25, -0.2) is 0 Å². The normalized spacial score (nSPS) is 9.00. The molecule has 0 saturated heterocycles. The van der Waals surface area contributed by atoms with Crippen molar-refractivity contribution in [2.75, 3.05) is 0 Å². The van der Waals surface area contributed by atoms with E-state index in [4.69, 9.17) is 0 Å². The molecule has 0 aliphatic rings. The van der Waals surface area contributed by atoms with Crippen molar-refractivity contribution in [2.24, 2.45) is 0 Å². The van der Waals surface area contributed by atoms with E-state index in [-0.39, 0.29) is 0 Å². The van der Waals surface area contributed by atoms with E-state index in [0.29, 0.717) is 5.56 Å². The molecule has 1 radical (unpaired) electrons. The number of hydrogen-bond donors (Lipinski definition) is 0. The van der Waals surface area contributed by atoms with E-state index in [0.717, 1.165) is 10.8 Å². The Kier molecular flexibility index (Phi) is 2.01. The Balaban J connectivity index is 3.15. The number of rotatable bonds is 1. The molecule has 0 unspecified atom stereocenters. The molecule has 0 aromatic heterocycles. The summed E-state index contributed by atoms with van der Waals surface area (Å²) in [5.41, 5.74) is 0.567. The topological polar surface area (TPSA) is 17.1 Å². The third-order valence-electron chi connectivity index (χ3n) is 0.953. The summed E-state index contributed by atoms with van der Waals surface area (Å²) in [6.45, 7) is 0. The summed E-state index contributed by atoms with van der Waals surface area (Å²) < 4.78 is 0.792. The zero-order valence-electron chi connectivity index (χ0n) is 4.60. The predicted octanol–water partition coefficient (Wildman–Crippen LogP) is 2.06. The smallest absolute Gasteiger partial charge is 0.151 e. The minimum absolute atomic E-state index is 0.567. The zero-order valence-corrected chi connectivity index (χ0v) is 6.18.